The lowest BCUT2D eigenvalue weighted by Gasteiger charge is -2.30. The summed E-state index contributed by atoms with van der Waals surface area (Å²) in [5, 5.41) is 7.77. The van der Waals surface area contributed by atoms with Crippen LogP contribution >= 0.6 is 0 Å². The molecule has 1 unspecified atom stereocenters. The van der Waals surface area contributed by atoms with Crippen LogP contribution in [0.4, 0.5) is 0 Å². The van der Waals surface area contributed by atoms with Gasteiger partial charge in [0.1, 0.15) is 0 Å². The van der Waals surface area contributed by atoms with E-state index in [1.54, 1.807) is 29.2 Å². The number of sulfonamides is 1. The molecule has 33 heavy (non-hydrogen) atoms. The smallest absolute Gasteiger partial charge is 0.309 e. The number of nitrogens with one attached hydrogen (secondary N) is 1. The van der Waals surface area contributed by atoms with Gasteiger partial charge in [0.05, 0.1) is 17.1 Å². The Hall–Kier alpha value is -3.18. The number of esters is 1. The first-order chi connectivity index (χ1) is 15.6. The predicted octanol–water partition coefficient (Wildman–Crippen LogP) is 1.07. The summed E-state index contributed by atoms with van der Waals surface area (Å²) in [5.41, 5.74) is 0.822. The third-order valence-corrected chi connectivity index (χ3v) is 6.40. The van der Waals surface area contributed by atoms with Crippen LogP contribution in [0.3, 0.4) is 0 Å². The van der Waals surface area contributed by atoms with Gasteiger partial charge in [-0.25, -0.2) is 13.6 Å². The number of likely N-dealkylation sites (tertiary alicyclic amines) is 1. The molecular formula is C22H27N3O7S. The Morgan fingerprint density at radius 2 is 1.85 bits per heavy atom. The maximum absolute atomic E-state index is 12.4. The van der Waals surface area contributed by atoms with Crippen molar-refractivity contribution in [3.05, 3.63) is 54.0 Å². The summed E-state index contributed by atoms with van der Waals surface area (Å²) in [6.45, 7) is 2.61. The quantitative estimate of drug-likeness (QED) is 0.540. The second kappa shape index (κ2) is 10.6. The fraction of sp³-hybridized carbons (Fsp3) is 0.409. The molecule has 178 valence electrons. The van der Waals surface area contributed by atoms with E-state index in [0.29, 0.717) is 38.9 Å². The van der Waals surface area contributed by atoms with E-state index in [2.05, 4.69) is 5.32 Å². The average Bonchev–Trinajstić information content (AvgIpc) is 3.33. The van der Waals surface area contributed by atoms with E-state index in [4.69, 9.17) is 14.3 Å². The summed E-state index contributed by atoms with van der Waals surface area (Å²) in [4.78, 5) is 38.7. The highest BCUT2D eigenvalue weighted by Crippen LogP contribution is 2.21. The molecule has 2 amide bonds. The van der Waals surface area contributed by atoms with Gasteiger partial charge in [-0.2, -0.15) is 0 Å². The van der Waals surface area contributed by atoms with E-state index in [1.165, 1.54) is 25.3 Å². The average molecular weight is 478 g/mol. The van der Waals surface area contributed by atoms with Crippen LogP contribution in [0.1, 0.15) is 35.9 Å². The molecule has 1 atom stereocenters. The molecule has 3 N–H and O–H groups in total. The van der Waals surface area contributed by atoms with Crippen LogP contribution in [0.15, 0.2) is 52.0 Å². The van der Waals surface area contributed by atoms with Crippen molar-refractivity contribution < 1.29 is 32.0 Å². The molecule has 1 aliphatic rings. The number of primary sulfonamides is 1. The number of hydrogen-bond donors (Lipinski definition) is 2. The first-order valence-corrected chi connectivity index (χ1v) is 12.1. The number of carbonyl (C=O) groups is 3. The van der Waals surface area contributed by atoms with Crippen molar-refractivity contribution in [2.75, 3.05) is 19.6 Å². The molecular weight excluding hydrogens is 450 g/mol. The van der Waals surface area contributed by atoms with E-state index < -0.39 is 28.0 Å². The minimum absolute atomic E-state index is 0.0204. The summed E-state index contributed by atoms with van der Waals surface area (Å²) in [5.74, 6) is -1.20. The molecule has 0 spiro atoms. The van der Waals surface area contributed by atoms with Crippen LogP contribution in [0.25, 0.3) is 0 Å². The first-order valence-electron chi connectivity index (χ1n) is 10.6. The second-order valence-corrected chi connectivity index (χ2v) is 9.41. The van der Waals surface area contributed by atoms with Crippen molar-refractivity contribution in [1.82, 2.24) is 10.2 Å². The SMILES string of the molecule is CC(OC(=O)C1CCN(C(=O)c2ccco2)CC1)C(=O)NCCc1ccc(S(N)(=O)=O)cc1. The number of furan rings is 1. The topological polar surface area (TPSA) is 149 Å². The third-order valence-electron chi connectivity index (χ3n) is 5.47. The van der Waals surface area contributed by atoms with E-state index in [9.17, 15) is 22.8 Å². The van der Waals surface area contributed by atoms with Crippen molar-refractivity contribution in [3.63, 3.8) is 0 Å². The fourth-order valence-corrected chi connectivity index (χ4v) is 4.03. The highest BCUT2D eigenvalue weighted by atomic mass is 32.2. The molecule has 2 aromatic rings. The number of nitrogens with zero attached hydrogens (tertiary/aromatic N) is 1. The Bertz CT molecular complexity index is 1070. The molecule has 0 aliphatic carbocycles. The molecule has 0 radical (unpaired) electrons. The van der Waals surface area contributed by atoms with Gasteiger partial charge in [0.15, 0.2) is 11.9 Å². The number of piperidine rings is 1. The van der Waals surface area contributed by atoms with Crippen molar-refractivity contribution in [2.24, 2.45) is 11.1 Å². The number of hydrogen-bond acceptors (Lipinski definition) is 7. The van der Waals surface area contributed by atoms with Crippen LogP contribution in [0.5, 0.6) is 0 Å². The molecule has 3 rings (SSSR count). The number of nitrogens with two attached hydrogens (primary N) is 1. The van der Waals surface area contributed by atoms with Gasteiger partial charge in [0.25, 0.3) is 11.8 Å². The van der Waals surface area contributed by atoms with Crippen LogP contribution in [-0.4, -0.2) is 56.8 Å². The monoisotopic (exact) mass is 477 g/mol. The number of carbonyl (C=O) groups excluding carboxylic acids is 3. The number of ether oxygens (including phenoxy) is 1. The fourth-order valence-electron chi connectivity index (χ4n) is 3.52. The largest absolute Gasteiger partial charge is 0.459 e. The predicted molar refractivity (Wildman–Crippen MR) is 117 cm³/mol. The van der Waals surface area contributed by atoms with E-state index in [-0.39, 0.29) is 22.5 Å². The molecule has 2 heterocycles. The van der Waals surface area contributed by atoms with Crippen LogP contribution < -0.4 is 10.5 Å². The Kier molecular flexibility index (Phi) is 7.88. The lowest BCUT2D eigenvalue weighted by atomic mass is 9.97. The Morgan fingerprint density at radius 1 is 1.18 bits per heavy atom. The highest BCUT2D eigenvalue weighted by molar-refractivity contribution is 7.89. The third kappa shape index (κ3) is 6.65. The van der Waals surface area contributed by atoms with Crippen molar-refractivity contribution in [2.45, 2.75) is 37.2 Å². The zero-order valence-corrected chi connectivity index (χ0v) is 19.0. The second-order valence-electron chi connectivity index (χ2n) is 7.85. The summed E-state index contributed by atoms with van der Waals surface area (Å²) in [6, 6.07) is 9.31. The van der Waals surface area contributed by atoms with Gasteiger partial charge in [-0.15, -0.1) is 0 Å². The minimum atomic E-state index is -3.75. The number of amides is 2. The Balaban J connectivity index is 1.39. The minimum Gasteiger partial charge on any atom is -0.459 e. The molecule has 1 aliphatic heterocycles. The van der Waals surface area contributed by atoms with Gasteiger partial charge in [-0.1, -0.05) is 12.1 Å². The van der Waals surface area contributed by atoms with E-state index >= 15 is 0 Å². The Labute approximate surface area is 192 Å². The van der Waals surface area contributed by atoms with Gasteiger partial charge >= 0.3 is 5.97 Å². The lowest BCUT2D eigenvalue weighted by molar-refractivity contribution is -0.160. The number of rotatable bonds is 8. The lowest BCUT2D eigenvalue weighted by Crippen LogP contribution is -2.42. The zero-order chi connectivity index (χ0) is 24.0. The van der Waals surface area contributed by atoms with Gasteiger partial charge < -0.3 is 19.4 Å². The normalized spacial score (nSPS) is 15.6. The summed E-state index contributed by atoms with van der Waals surface area (Å²) in [7, 11) is -3.75. The van der Waals surface area contributed by atoms with Gasteiger partial charge in [-0.3, -0.25) is 14.4 Å². The van der Waals surface area contributed by atoms with Crippen LogP contribution in [0, 0.1) is 5.92 Å². The van der Waals surface area contributed by atoms with Crippen molar-refractivity contribution in [3.8, 4) is 0 Å². The molecule has 1 saturated heterocycles. The zero-order valence-electron chi connectivity index (χ0n) is 18.2. The molecule has 1 aromatic carbocycles. The van der Waals surface area contributed by atoms with Crippen LogP contribution in [0.2, 0.25) is 0 Å². The van der Waals surface area contributed by atoms with Crippen molar-refractivity contribution in [1.29, 1.82) is 0 Å². The molecule has 1 aromatic heterocycles. The van der Waals surface area contributed by atoms with Crippen molar-refractivity contribution >= 4 is 27.8 Å². The summed E-state index contributed by atoms with van der Waals surface area (Å²) in [6.07, 6.45) is 1.86. The summed E-state index contributed by atoms with van der Waals surface area (Å²) >= 11 is 0. The van der Waals surface area contributed by atoms with Gasteiger partial charge in [0.2, 0.25) is 10.0 Å². The molecule has 11 heteroatoms. The Morgan fingerprint density at radius 3 is 2.42 bits per heavy atom. The summed E-state index contributed by atoms with van der Waals surface area (Å²) < 4.78 is 33.0. The molecule has 0 saturated carbocycles. The van der Waals surface area contributed by atoms with E-state index in [1.807, 2.05) is 0 Å². The van der Waals surface area contributed by atoms with Gasteiger partial charge in [0, 0.05) is 19.6 Å². The number of benzene rings is 1. The van der Waals surface area contributed by atoms with E-state index in [0.717, 1.165) is 5.56 Å². The highest BCUT2D eigenvalue weighted by Gasteiger charge is 2.31. The molecule has 0 bridgehead atoms. The van der Waals surface area contributed by atoms with Gasteiger partial charge in [-0.05, 0) is 56.0 Å². The van der Waals surface area contributed by atoms with Crippen LogP contribution in [-0.2, 0) is 30.8 Å². The molecule has 10 nitrogen and oxygen atoms in total. The first kappa shape index (κ1) is 24.5. The molecule has 1 fully saturated rings. The maximum atomic E-state index is 12.4. The standard InChI is InChI=1S/C22H27N3O7S/c1-15(20(26)24-11-8-16-4-6-18(7-5-16)33(23,29)30)32-22(28)17-9-12-25(13-10-17)21(27)19-3-2-14-31-19/h2-7,14-15,17H,8-13H2,1H3,(H,24,26)(H2,23,29,30). The maximum Gasteiger partial charge on any atom is 0.309 e.